The number of carbonyl (C=O) groups is 3. The normalized spacial score (nSPS) is 40.3. The molecule has 18 rings (SSSR count). The molecule has 6 N–H and O–H groups in total. The highest BCUT2D eigenvalue weighted by Crippen LogP contribution is 2.71. The average Bonchev–Trinajstić information content (AvgIpc) is 4.19. The second-order valence-electron chi connectivity index (χ2n) is 26.9. The summed E-state index contributed by atoms with van der Waals surface area (Å²) in [5.41, 5.74) is 18.6. The van der Waals surface area contributed by atoms with E-state index in [1.807, 2.05) is 72.8 Å². The third kappa shape index (κ3) is 7.76. The topological polar surface area (TPSA) is 204 Å². The Labute approximate surface area is 468 Å². The number of methoxy groups -OCH3 is 3. The Morgan fingerprint density at radius 3 is 0.684 bits per heavy atom. The van der Waals surface area contributed by atoms with Gasteiger partial charge in [0.25, 0.3) is 17.7 Å². The molecule has 1 unspecified atom stereocenters. The van der Waals surface area contributed by atoms with Gasteiger partial charge in [0.05, 0.1) is 21.3 Å². The molecule has 79 heavy (non-hydrogen) atoms. The molecule has 12 saturated carbocycles. The molecule has 3 aliphatic heterocycles. The number of hydrogen-bond donors (Lipinski definition) is 3. The van der Waals surface area contributed by atoms with Gasteiger partial charge in [-0.25, -0.2) is 15.0 Å². The first kappa shape index (κ1) is 53.6. The monoisotopic (exact) mass is 1070 g/mol. The van der Waals surface area contributed by atoms with Gasteiger partial charge < -0.3 is 31.4 Å². The minimum absolute atomic E-state index is 0. The van der Waals surface area contributed by atoms with Gasteiger partial charge in [-0.2, -0.15) is 0 Å². The highest BCUT2D eigenvalue weighted by molar-refractivity contribution is 6.09. The smallest absolute Gasteiger partial charge is 0.262 e. The van der Waals surface area contributed by atoms with Gasteiger partial charge in [0.15, 0.2) is 34.5 Å². The maximum absolute atomic E-state index is 13.6. The number of rotatable bonds is 9. The van der Waals surface area contributed by atoms with Gasteiger partial charge in [-0.05, 0) is 222 Å². The lowest BCUT2D eigenvalue weighted by atomic mass is 9.43. The van der Waals surface area contributed by atoms with Gasteiger partial charge in [-0.3, -0.25) is 29.1 Å². The molecule has 3 heterocycles. The predicted octanol–water partition coefficient (Wildman–Crippen LogP) is 8.30. The Morgan fingerprint density at radius 1 is 0.367 bits per heavy atom. The van der Waals surface area contributed by atoms with Crippen molar-refractivity contribution in [1.29, 1.82) is 0 Å². The Balaban J connectivity index is 0.000000118. The summed E-state index contributed by atoms with van der Waals surface area (Å²) in [7, 11) is 10.3. The number of aliphatic imine (C=N–C) groups is 3. The molecule has 12 bridgehead atoms. The van der Waals surface area contributed by atoms with E-state index in [2.05, 4.69) is 0 Å². The first-order chi connectivity index (χ1) is 37.4. The van der Waals surface area contributed by atoms with Gasteiger partial charge in [-0.15, -0.1) is 0 Å². The van der Waals surface area contributed by atoms with Crippen molar-refractivity contribution in [2.45, 2.75) is 132 Å². The zero-order valence-electron chi connectivity index (χ0n) is 47.3. The number of guanidine groups is 3. The summed E-state index contributed by atoms with van der Waals surface area (Å²) >= 11 is 0. The van der Waals surface area contributed by atoms with Crippen molar-refractivity contribution in [2.75, 3.05) is 42.5 Å². The minimum atomic E-state index is -0.867. The maximum Gasteiger partial charge on any atom is 0.262 e. The van der Waals surface area contributed by atoms with Crippen LogP contribution in [0.4, 0.5) is 0 Å². The molecule has 16 heteroatoms. The Kier molecular flexibility index (Phi) is 12.9. The molecule has 0 spiro atoms. The van der Waals surface area contributed by atoms with Crippen LogP contribution in [0.2, 0.25) is 0 Å². The summed E-state index contributed by atoms with van der Waals surface area (Å²) < 4.78 is 16.0. The van der Waals surface area contributed by atoms with E-state index in [4.69, 9.17) is 46.4 Å². The van der Waals surface area contributed by atoms with E-state index in [0.29, 0.717) is 17.9 Å². The molecular formula is C63H81BN9O6. The highest BCUT2D eigenvalue weighted by Gasteiger charge is 2.70. The van der Waals surface area contributed by atoms with Crippen LogP contribution in [-0.2, 0) is 31.0 Å². The number of nitrogens with zero attached hydrogens (tertiary/aromatic N) is 6. The zero-order valence-corrected chi connectivity index (χ0v) is 47.3. The second kappa shape index (κ2) is 19.0. The van der Waals surface area contributed by atoms with Crippen molar-refractivity contribution >= 4 is 44.0 Å². The number of ether oxygens (including phenoxy) is 3. The van der Waals surface area contributed by atoms with Gasteiger partial charge in [0, 0.05) is 45.8 Å². The molecule has 3 aromatic carbocycles. The Morgan fingerprint density at radius 2 is 0.544 bits per heavy atom. The minimum Gasteiger partial charge on any atom is -0.497 e. The third-order valence-corrected chi connectivity index (χ3v) is 22.7. The Hall–Kier alpha value is -6.06. The molecule has 417 valence electrons. The van der Waals surface area contributed by atoms with E-state index in [9.17, 15) is 14.4 Å². The van der Waals surface area contributed by atoms with Crippen molar-refractivity contribution in [3.05, 3.63) is 89.5 Å². The number of nitrogens with two attached hydrogens (primary N) is 3. The maximum atomic E-state index is 13.6. The molecule has 3 atom stereocenters. The lowest BCUT2D eigenvalue weighted by Crippen LogP contribution is -2.59. The first-order valence-electron chi connectivity index (χ1n) is 29.3. The molecule has 3 radical (unpaired) electrons. The Bertz CT molecular complexity index is 2570. The number of amides is 3. The summed E-state index contributed by atoms with van der Waals surface area (Å²) in [6.45, 7) is 0. The fraction of sp³-hybridized carbons (Fsp3) is 0.619. The third-order valence-electron chi connectivity index (χ3n) is 22.7. The number of benzene rings is 3. The molecule has 0 aromatic heterocycles. The van der Waals surface area contributed by atoms with Crippen LogP contribution in [-0.4, -0.2) is 101 Å². The van der Waals surface area contributed by atoms with Crippen LogP contribution in [0.15, 0.2) is 87.8 Å². The van der Waals surface area contributed by atoms with Crippen LogP contribution >= 0.6 is 0 Å². The highest BCUT2D eigenvalue weighted by atomic mass is 16.5. The van der Waals surface area contributed by atoms with Crippen molar-refractivity contribution < 1.29 is 28.6 Å². The van der Waals surface area contributed by atoms with Crippen molar-refractivity contribution in [1.82, 2.24) is 14.7 Å². The van der Waals surface area contributed by atoms with Crippen LogP contribution in [0, 0.1) is 69.5 Å². The SMILES string of the molecule is COc1ccc(C2(C34CC5CC(CC(C5)C3)C4)N=C(N)N(C)C2=O)cc1.COc1ccc([C@@]2(C34CC5CC(CC(C5)C3)C4)N=C(N)N(C)C2=O)cc1.COc1ccc([C@]2(C34CC5CC(CC(C5)C3)C4)N=C(N)N(C)C2=O)cc1.[B]. The van der Waals surface area contributed by atoms with Crippen molar-refractivity contribution in [2.24, 2.45) is 102 Å². The fourth-order valence-electron chi connectivity index (χ4n) is 20.6. The van der Waals surface area contributed by atoms with Gasteiger partial charge in [0.2, 0.25) is 0 Å². The van der Waals surface area contributed by atoms with Crippen LogP contribution in [0.3, 0.4) is 0 Å². The number of likely N-dealkylation sites (N-methyl/N-ethyl adjacent to an activating group) is 3. The van der Waals surface area contributed by atoms with E-state index in [1.165, 1.54) is 57.8 Å². The standard InChI is InChI=1S/3C21H27N3O2.B/c3*1-24-18(25)21(23-19(24)22,16-3-5-17(26-2)6-4-16)20-10-13-7-14(11-20)9-15(8-13)12-20;/h3*3-6,13-15H,7-12H2,1-2H3,(H2,22,23);/t2*13?,14?,15?,20?,21-;;/m10../s1. The summed E-state index contributed by atoms with van der Waals surface area (Å²) in [5.74, 6) is 10.2. The molecule has 3 aromatic rings. The number of hydrogen-bond acceptors (Lipinski definition) is 12. The molecule has 15 nitrogen and oxygen atoms in total. The van der Waals surface area contributed by atoms with Crippen LogP contribution in [0.1, 0.15) is 132 Å². The molecular weight excluding hydrogens is 990 g/mol. The molecule has 15 aliphatic rings. The second-order valence-corrected chi connectivity index (χ2v) is 26.9. The van der Waals surface area contributed by atoms with Gasteiger partial charge in [0.1, 0.15) is 17.2 Å². The zero-order chi connectivity index (χ0) is 54.3. The van der Waals surface area contributed by atoms with E-state index >= 15 is 0 Å². The lowest BCUT2D eigenvalue weighted by molar-refractivity contribution is -0.150. The quantitative estimate of drug-likeness (QED) is 0.176. The van der Waals surface area contributed by atoms with E-state index in [1.54, 1.807) is 57.2 Å². The van der Waals surface area contributed by atoms with Crippen LogP contribution in [0.5, 0.6) is 17.2 Å². The lowest BCUT2D eigenvalue weighted by Gasteiger charge is -2.61. The number of carbonyl (C=O) groups excluding carboxylic acids is 3. The van der Waals surface area contributed by atoms with Crippen molar-refractivity contribution in [3.8, 4) is 17.2 Å². The average molecular weight is 1070 g/mol. The van der Waals surface area contributed by atoms with Gasteiger partial charge in [-0.1, -0.05) is 36.4 Å². The summed E-state index contributed by atoms with van der Waals surface area (Å²) in [5, 5.41) is 0. The summed E-state index contributed by atoms with van der Waals surface area (Å²) in [6.07, 6.45) is 21.9. The van der Waals surface area contributed by atoms with E-state index in [0.717, 1.165) is 145 Å². The fourth-order valence-corrected chi connectivity index (χ4v) is 20.6. The summed E-state index contributed by atoms with van der Waals surface area (Å²) in [4.78, 5) is 60.3. The largest absolute Gasteiger partial charge is 0.497 e. The predicted molar refractivity (Wildman–Crippen MR) is 305 cm³/mol. The summed E-state index contributed by atoms with van der Waals surface area (Å²) in [6, 6.07) is 23.8. The van der Waals surface area contributed by atoms with Crippen LogP contribution in [0.25, 0.3) is 0 Å². The first-order valence-corrected chi connectivity index (χ1v) is 29.3. The van der Waals surface area contributed by atoms with Crippen molar-refractivity contribution in [3.63, 3.8) is 0 Å². The van der Waals surface area contributed by atoms with E-state index < -0.39 is 16.6 Å². The molecule has 3 amide bonds. The molecule has 12 fully saturated rings. The van der Waals surface area contributed by atoms with Gasteiger partial charge >= 0.3 is 0 Å². The van der Waals surface area contributed by atoms with E-state index in [-0.39, 0.29) is 42.4 Å². The molecule has 0 saturated heterocycles. The molecule has 12 aliphatic carbocycles. The van der Waals surface area contributed by atoms with Crippen LogP contribution < -0.4 is 31.4 Å².